The van der Waals surface area contributed by atoms with E-state index < -0.39 is 30.4 Å². The molecule has 2 rings (SSSR count). The summed E-state index contributed by atoms with van der Waals surface area (Å²) in [6, 6.07) is 10.6. The van der Waals surface area contributed by atoms with E-state index in [1.54, 1.807) is 24.3 Å². The van der Waals surface area contributed by atoms with Gasteiger partial charge in [-0.25, -0.2) is 9.18 Å². The largest absolute Gasteiger partial charge is 0.480 e. The van der Waals surface area contributed by atoms with E-state index in [1.165, 1.54) is 13.0 Å². The van der Waals surface area contributed by atoms with Crippen LogP contribution in [0.3, 0.4) is 0 Å². The Hall–Kier alpha value is -2.31. The maximum atomic E-state index is 12.9. The van der Waals surface area contributed by atoms with Crippen LogP contribution in [0.1, 0.15) is 12.5 Å². The molecular weight excluding hydrogens is 384 g/mol. The second-order valence-corrected chi connectivity index (χ2v) is 6.12. The van der Waals surface area contributed by atoms with Crippen LogP contribution >= 0.6 is 23.2 Å². The van der Waals surface area contributed by atoms with E-state index in [0.717, 1.165) is 17.7 Å². The minimum absolute atomic E-state index is 0.0309. The number of ether oxygens (including phenoxy) is 2. The first-order valence-corrected chi connectivity index (χ1v) is 8.41. The Morgan fingerprint density at radius 2 is 1.88 bits per heavy atom. The van der Waals surface area contributed by atoms with Crippen molar-refractivity contribution in [1.82, 2.24) is 5.32 Å². The number of hydrogen-bond acceptors (Lipinski definition) is 4. The van der Waals surface area contributed by atoms with Crippen LogP contribution in [0.5, 0.6) is 5.75 Å². The average Bonchev–Trinajstić information content (AvgIpc) is 2.60. The van der Waals surface area contributed by atoms with Gasteiger partial charge in [0.1, 0.15) is 11.6 Å². The number of carbonyl (C=O) groups excluding carboxylic acids is 2. The van der Waals surface area contributed by atoms with Crippen molar-refractivity contribution in [2.24, 2.45) is 0 Å². The van der Waals surface area contributed by atoms with Gasteiger partial charge in [-0.15, -0.1) is 0 Å². The molecule has 26 heavy (non-hydrogen) atoms. The third-order valence-electron chi connectivity index (χ3n) is 3.33. The van der Waals surface area contributed by atoms with Crippen molar-refractivity contribution in [3.05, 3.63) is 63.9 Å². The summed E-state index contributed by atoms with van der Waals surface area (Å²) in [7, 11) is 0. The smallest absolute Gasteiger partial charge is 0.344 e. The van der Waals surface area contributed by atoms with Gasteiger partial charge in [0.25, 0.3) is 5.91 Å². The van der Waals surface area contributed by atoms with E-state index in [9.17, 15) is 14.0 Å². The lowest BCUT2D eigenvalue weighted by atomic mass is 10.2. The van der Waals surface area contributed by atoms with Gasteiger partial charge in [0.05, 0.1) is 5.02 Å². The molecule has 0 radical (unpaired) electrons. The van der Waals surface area contributed by atoms with E-state index in [0.29, 0.717) is 5.02 Å². The molecule has 0 heterocycles. The van der Waals surface area contributed by atoms with Crippen LogP contribution in [0.25, 0.3) is 0 Å². The SMILES string of the molecule is C[C@H](OC(=O)COc1ccc(F)cc1Cl)C(=O)NCc1ccccc1Cl. The van der Waals surface area contributed by atoms with E-state index in [2.05, 4.69) is 5.32 Å². The molecule has 1 atom stereocenters. The van der Waals surface area contributed by atoms with Gasteiger partial charge in [-0.2, -0.15) is 0 Å². The lowest BCUT2D eigenvalue weighted by molar-refractivity contribution is -0.156. The van der Waals surface area contributed by atoms with Crippen molar-refractivity contribution in [3.63, 3.8) is 0 Å². The van der Waals surface area contributed by atoms with Crippen molar-refractivity contribution in [2.45, 2.75) is 19.6 Å². The zero-order chi connectivity index (χ0) is 19.1. The maximum absolute atomic E-state index is 12.9. The molecule has 0 fully saturated rings. The van der Waals surface area contributed by atoms with Gasteiger partial charge in [-0.1, -0.05) is 41.4 Å². The van der Waals surface area contributed by atoms with Gasteiger partial charge >= 0.3 is 5.97 Å². The number of amides is 1. The highest BCUT2D eigenvalue weighted by Gasteiger charge is 2.18. The molecule has 0 unspecified atom stereocenters. The lowest BCUT2D eigenvalue weighted by Gasteiger charge is -2.14. The fourth-order valence-electron chi connectivity index (χ4n) is 1.98. The van der Waals surface area contributed by atoms with Crippen LogP contribution in [-0.2, 0) is 20.9 Å². The molecule has 0 aliphatic heterocycles. The monoisotopic (exact) mass is 399 g/mol. The molecule has 1 amide bonds. The van der Waals surface area contributed by atoms with Crippen LogP contribution < -0.4 is 10.1 Å². The number of benzene rings is 2. The van der Waals surface area contributed by atoms with E-state index in [4.69, 9.17) is 32.7 Å². The first-order chi connectivity index (χ1) is 12.4. The topological polar surface area (TPSA) is 64.6 Å². The minimum atomic E-state index is -1.02. The molecule has 0 saturated heterocycles. The number of hydrogen-bond donors (Lipinski definition) is 1. The first kappa shape index (κ1) is 20.0. The lowest BCUT2D eigenvalue weighted by Crippen LogP contribution is -2.36. The van der Waals surface area contributed by atoms with Gasteiger partial charge < -0.3 is 14.8 Å². The molecular formula is C18H16Cl2FNO4. The van der Waals surface area contributed by atoms with Crippen LogP contribution in [0.15, 0.2) is 42.5 Å². The molecule has 0 aromatic heterocycles. The predicted octanol–water partition coefficient (Wildman–Crippen LogP) is 3.76. The minimum Gasteiger partial charge on any atom is -0.480 e. The van der Waals surface area contributed by atoms with Crippen molar-refractivity contribution in [2.75, 3.05) is 6.61 Å². The molecule has 138 valence electrons. The van der Waals surface area contributed by atoms with Gasteiger partial charge in [0.2, 0.25) is 0 Å². The second-order valence-electron chi connectivity index (χ2n) is 5.30. The van der Waals surface area contributed by atoms with Crippen molar-refractivity contribution < 1.29 is 23.5 Å². The van der Waals surface area contributed by atoms with Crippen molar-refractivity contribution in [3.8, 4) is 5.75 Å². The summed E-state index contributed by atoms with van der Waals surface area (Å²) >= 11 is 11.8. The molecule has 0 saturated carbocycles. The number of carbonyl (C=O) groups is 2. The van der Waals surface area contributed by atoms with Crippen molar-refractivity contribution >= 4 is 35.1 Å². The summed E-state index contributed by atoms with van der Waals surface area (Å²) in [6.45, 7) is 1.18. The van der Waals surface area contributed by atoms with Crippen LogP contribution in [0.4, 0.5) is 4.39 Å². The third kappa shape index (κ3) is 5.89. The average molecular weight is 400 g/mol. The molecule has 8 heteroatoms. The summed E-state index contributed by atoms with van der Waals surface area (Å²) in [5, 5.41) is 3.19. The molecule has 2 aromatic carbocycles. The summed E-state index contributed by atoms with van der Waals surface area (Å²) in [4.78, 5) is 23.8. The van der Waals surface area contributed by atoms with Crippen LogP contribution in [0, 0.1) is 5.82 Å². The Morgan fingerprint density at radius 1 is 1.15 bits per heavy atom. The number of halogens is 3. The van der Waals surface area contributed by atoms with Gasteiger partial charge in [0.15, 0.2) is 12.7 Å². The molecule has 0 spiro atoms. The van der Waals surface area contributed by atoms with Gasteiger partial charge in [-0.05, 0) is 36.8 Å². The number of rotatable bonds is 7. The summed E-state index contributed by atoms with van der Waals surface area (Å²) in [5.41, 5.74) is 0.746. The molecule has 0 aliphatic rings. The Labute approximate surface area is 160 Å². The van der Waals surface area contributed by atoms with Crippen molar-refractivity contribution in [1.29, 1.82) is 0 Å². The quantitative estimate of drug-likeness (QED) is 0.719. The fourth-order valence-corrected chi connectivity index (χ4v) is 2.41. The fraction of sp³-hybridized carbons (Fsp3) is 0.222. The molecule has 2 aromatic rings. The first-order valence-electron chi connectivity index (χ1n) is 7.65. The van der Waals surface area contributed by atoms with Crippen LogP contribution in [0.2, 0.25) is 10.0 Å². The Kier molecular flexibility index (Phi) is 7.24. The zero-order valence-corrected chi connectivity index (χ0v) is 15.3. The van der Waals surface area contributed by atoms with E-state index >= 15 is 0 Å². The maximum Gasteiger partial charge on any atom is 0.344 e. The second kappa shape index (κ2) is 9.40. The van der Waals surface area contributed by atoms with Gasteiger partial charge in [-0.3, -0.25) is 4.79 Å². The predicted molar refractivity (Wildman–Crippen MR) is 95.8 cm³/mol. The normalized spacial score (nSPS) is 11.5. The highest BCUT2D eigenvalue weighted by molar-refractivity contribution is 6.32. The molecule has 0 bridgehead atoms. The highest BCUT2D eigenvalue weighted by atomic mass is 35.5. The summed E-state index contributed by atoms with van der Waals surface area (Å²) in [5.74, 6) is -1.61. The Balaban J connectivity index is 1.78. The van der Waals surface area contributed by atoms with Crippen LogP contribution in [-0.4, -0.2) is 24.6 Å². The summed E-state index contributed by atoms with van der Waals surface area (Å²) < 4.78 is 23.1. The third-order valence-corrected chi connectivity index (χ3v) is 3.99. The molecule has 1 N–H and O–H groups in total. The van der Waals surface area contributed by atoms with E-state index in [1.807, 2.05) is 0 Å². The van der Waals surface area contributed by atoms with Gasteiger partial charge in [0, 0.05) is 11.6 Å². The molecule has 5 nitrogen and oxygen atoms in total. The zero-order valence-electron chi connectivity index (χ0n) is 13.8. The Bertz CT molecular complexity index is 801. The highest BCUT2D eigenvalue weighted by Crippen LogP contribution is 2.24. The number of nitrogens with one attached hydrogen (secondary N) is 1. The Morgan fingerprint density at radius 3 is 2.58 bits per heavy atom. The standard InChI is InChI=1S/C18H16Cl2FNO4/c1-11(18(24)22-9-12-4-2-3-5-14(12)19)26-17(23)10-25-16-7-6-13(21)8-15(16)20/h2-8,11H,9-10H2,1H3,(H,22,24)/t11-/m0/s1. The van der Waals surface area contributed by atoms with E-state index in [-0.39, 0.29) is 17.3 Å². The number of esters is 1. The molecule has 0 aliphatic carbocycles. The summed E-state index contributed by atoms with van der Waals surface area (Å²) in [6.07, 6.45) is -1.02.